The molecule has 2 aromatic carbocycles. The molecule has 4 rings (SSSR count). The molecule has 0 radical (unpaired) electrons. The lowest BCUT2D eigenvalue weighted by atomic mass is 10.1. The molecule has 4 nitrogen and oxygen atoms in total. The summed E-state index contributed by atoms with van der Waals surface area (Å²) >= 11 is 0. The van der Waals surface area contributed by atoms with Crippen molar-refractivity contribution in [3.63, 3.8) is 0 Å². The van der Waals surface area contributed by atoms with Crippen molar-refractivity contribution in [3.8, 4) is 0 Å². The number of hydrogen-bond acceptors (Lipinski definition) is 2. The van der Waals surface area contributed by atoms with Gasteiger partial charge in [0.05, 0.1) is 18.3 Å². The molecular weight excluding hydrogens is 293 g/mol. The standard InChI is InChI=1S/C18H16FN3O/c19-15-5-1-12(2-6-15)11-22-17-9-13(3-4-14(17)10-20-22)18(23)21-16-7-8-16/h1-6,9-10,16H,7-8,11H2,(H,21,23). The quantitative estimate of drug-likeness (QED) is 0.805. The van der Waals surface area contributed by atoms with Crippen molar-refractivity contribution in [1.29, 1.82) is 0 Å². The molecule has 23 heavy (non-hydrogen) atoms. The molecule has 3 aromatic rings. The van der Waals surface area contributed by atoms with Crippen LogP contribution in [0.15, 0.2) is 48.7 Å². The van der Waals surface area contributed by atoms with E-state index < -0.39 is 0 Å². The Morgan fingerprint density at radius 1 is 1.22 bits per heavy atom. The number of aromatic nitrogens is 2. The third kappa shape index (κ3) is 2.95. The van der Waals surface area contributed by atoms with Crippen LogP contribution >= 0.6 is 0 Å². The van der Waals surface area contributed by atoms with E-state index in [4.69, 9.17) is 0 Å². The van der Waals surface area contributed by atoms with Gasteiger partial charge in [0.2, 0.25) is 0 Å². The molecule has 1 amide bonds. The van der Waals surface area contributed by atoms with Gasteiger partial charge in [0.25, 0.3) is 5.91 Å². The fourth-order valence-corrected chi connectivity index (χ4v) is 2.60. The predicted octanol–water partition coefficient (Wildman–Crippen LogP) is 3.12. The molecule has 116 valence electrons. The van der Waals surface area contributed by atoms with Crippen molar-refractivity contribution in [1.82, 2.24) is 15.1 Å². The first-order valence-corrected chi connectivity index (χ1v) is 7.70. The highest BCUT2D eigenvalue weighted by Crippen LogP contribution is 2.21. The molecule has 1 aliphatic carbocycles. The Kier molecular flexibility index (Phi) is 3.33. The molecule has 0 aliphatic heterocycles. The maximum atomic E-state index is 13.0. The Morgan fingerprint density at radius 3 is 2.74 bits per heavy atom. The van der Waals surface area contributed by atoms with Crippen LogP contribution < -0.4 is 5.32 Å². The minimum absolute atomic E-state index is 0.0380. The molecule has 0 saturated heterocycles. The first kappa shape index (κ1) is 13.9. The number of amides is 1. The average molecular weight is 309 g/mol. The lowest BCUT2D eigenvalue weighted by Crippen LogP contribution is -2.25. The maximum Gasteiger partial charge on any atom is 0.251 e. The number of nitrogens with one attached hydrogen (secondary N) is 1. The number of halogens is 1. The van der Waals surface area contributed by atoms with E-state index in [9.17, 15) is 9.18 Å². The van der Waals surface area contributed by atoms with Crippen molar-refractivity contribution >= 4 is 16.8 Å². The fourth-order valence-electron chi connectivity index (χ4n) is 2.60. The number of rotatable bonds is 4. The van der Waals surface area contributed by atoms with E-state index in [1.807, 2.05) is 22.9 Å². The monoisotopic (exact) mass is 309 g/mol. The van der Waals surface area contributed by atoms with Crippen LogP contribution in [0.1, 0.15) is 28.8 Å². The molecule has 0 atom stereocenters. The molecule has 1 fully saturated rings. The molecule has 0 unspecified atom stereocenters. The summed E-state index contributed by atoms with van der Waals surface area (Å²) in [6.45, 7) is 0.539. The summed E-state index contributed by atoms with van der Waals surface area (Å²) in [7, 11) is 0. The summed E-state index contributed by atoms with van der Waals surface area (Å²) in [4.78, 5) is 12.2. The van der Waals surface area contributed by atoms with Crippen molar-refractivity contribution in [2.45, 2.75) is 25.4 Å². The van der Waals surface area contributed by atoms with Crippen LogP contribution in [0.4, 0.5) is 4.39 Å². The smallest absolute Gasteiger partial charge is 0.251 e. The first-order valence-electron chi connectivity index (χ1n) is 7.70. The van der Waals surface area contributed by atoms with Gasteiger partial charge in [-0.3, -0.25) is 9.48 Å². The van der Waals surface area contributed by atoms with Crippen LogP contribution in [0.2, 0.25) is 0 Å². The van der Waals surface area contributed by atoms with Crippen LogP contribution in [-0.2, 0) is 6.54 Å². The number of hydrogen-bond donors (Lipinski definition) is 1. The molecule has 5 heteroatoms. The van der Waals surface area contributed by atoms with Crippen molar-refractivity contribution in [2.24, 2.45) is 0 Å². The summed E-state index contributed by atoms with van der Waals surface area (Å²) < 4.78 is 14.8. The third-order valence-electron chi connectivity index (χ3n) is 4.07. The van der Waals surface area contributed by atoms with Crippen molar-refractivity contribution in [3.05, 3.63) is 65.6 Å². The molecule has 1 aliphatic rings. The second-order valence-corrected chi connectivity index (χ2v) is 5.95. The van der Waals surface area contributed by atoms with Gasteiger partial charge in [-0.05, 0) is 42.7 Å². The van der Waals surface area contributed by atoms with E-state index in [2.05, 4.69) is 10.4 Å². The van der Waals surface area contributed by atoms with E-state index in [-0.39, 0.29) is 11.7 Å². The van der Waals surface area contributed by atoms with Gasteiger partial charge < -0.3 is 5.32 Å². The van der Waals surface area contributed by atoms with Gasteiger partial charge in [0.15, 0.2) is 0 Å². The summed E-state index contributed by atoms with van der Waals surface area (Å²) in [6, 6.07) is 12.3. The van der Waals surface area contributed by atoms with Gasteiger partial charge in [0, 0.05) is 17.0 Å². The second kappa shape index (κ2) is 5.50. The summed E-state index contributed by atoms with van der Waals surface area (Å²) in [5, 5.41) is 8.35. The Bertz CT molecular complexity index is 866. The highest BCUT2D eigenvalue weighted by Gasteiger charge is 2.24. The van der Waals surface area contributed by atoms with Crippen molar-refractivity contribution < 1.29 is 9.18 Å². The van der Waals surface area contributed by atoms with Crippen LogP contribution in [0.3, 0.4) is 0 Å². The topological polar surface area (TPSA) is 46.9 Å². The van der Waals surface area contributed by atoms with Gasteiger partial charge in [0.1, 0.15) is 5.82 Å². The predicted molar refractivity (Wildman–Crippen MR) is 85.7 cm³/mol. The van der Waals surface area contributed by atoms with Gasteiger partial charge >= 0.3 is 0 Å². The van der Waals surface area contributed by atoms with E-state index in [0.717, 1.165) is 29.3 Å². The zero-order valence-electron chi connectivity index (χ0n) is 12.5. The fraction of sp³-hybridized carbons (Fsp3) is 0.222. The molecule has 1 N–H and O–H groups in total. The zero-order chi connectivity index (χ0) is 15.8. The lowest BCUT2D eigenvalue weighted by molar-refractivity contribution is 0.0951. The molecular formula is C18H16FN3O. The summed E-state index contributed by atoms with van der Waals surface area (Å²) in [5.41, 5.74) is 2.51. The Labute approximate surface area is 132 Å². The van der Waals surface area contributed by atoms with E-state index >= 15 is 0 Å². The van der Waals surface area contributed by atoms with E-state index in [0.29, 0.717) is 18.2 Å². The number of benzene rings is 2. The highest BCUT2D eigenvalue weighted by atomic mass is 19.1. The lowest BCUT2D eigenvalue weighted by Gasteiger charge is -2.06. The number of carbonyl (C=O) groups excluding carboxylic acids is 1. The van der Waals surface area contributed by atoms with E-state index in [1.165, 1.54) is 12.1 Å². The van der Waals surface area contributed by atoms with Gasteiger partial charge in [-0.2, -0.15) is 5.10 Å². The average Bonchev–Trinajstić information content (AvgIpc) is 3.29. The zero-order valence-corrected chi connectivity index (χ0v) is 12.5. The summed E-state index contributed by atoms with van der Waals surface area (Å²) in [5.74, 6) is -0.290. The van der Waals surface area contributed by atoms with Gasteiger partial charge in [-0.15, -0.1) is 0 Å². The number of nitrogens with zero attached hydrogens (tertiary/aromatic N) is 2. The normalized spacial score (nSPS) is 14.1. The molecule has 0 bridgehead atoms. The first-order chi connectivity index (χ1) is 11.2. The third-order valence-corrected chi connectivity index (χ3v) is 4.07. The Balaban J connectivity index is 1.63. The van der Waals surface area contributed by atoms with Crippen LogP contribution in [0.5, 0.6) is 0 Å². The minimum atomic E-state index is -0.252. The number of carbonyl (C=O) groups is 1. The van der Waals surface area contributed by atoms with E-state index in [1.54, 1.807) is 18.3 Å². The maximum absolute atomic E-state index is 13.0. The van der Waals surface area contributed by atoms with Gasteiger partial charge in [-0.1, -0.05) is 18.2 Å². The van der Waals surface area contributed by atoms with Crippen LogP contribution in [-0.4, -0.2) is 21.7 Å². The largest absolute Gasteiger partial charge is 0.349 e. The van der Waals surface area contributed by atoms with Crippen LogP contribution in [0.25, 0.3) is 10.9 Å². The molecule has 1 aromatic heterocycles. The van der Waals surface area contributed by atoms with Crippen molar-refractivity contribution in [2.75, 3.05) is 0 Å². The summed E-state index contributed by atoms with van der Waals surface area (Å²) in [6.07, 6.45) is 3.91. The number of fused-ring (bicyclic) bond motifs is 1. The highest BCUT2D eigenvalue weighted by molar-refractivity contribution is 5.98. The van der Waals surface area contributed by atoms with Crippen LogP contribution in [0, 0.1) is 5.82 Å². The molecule has 1 heterocycles. The Hall–Kier alpha value is -2.69. The Morgan fingerprint density at radius 2 is 2.00 bits per heavy atom. The van der Waals surface area contributed by atoms with Gasteiger partial charge in [-0.25, -0.2) is 4.39 Å². The molecule has 1 saturated carbocycles. The molecule has 0 spiro atoms. The minimum Gasteiger partial charge on any atom is -0.349 e. The second-order valence-electron chi connectivity index (χ2n) is 5.95. The SMILES string of the molecule is O=C(NC1CC1)c1ccc2cnn(Cc3ccc(F)cc3)c2c1.